The molecule has 0 aromatic heterocycles. The van der Waals surface area contributed by atoms with Gasteiger partial charge in [-0.05, 0) is 36.2 Å². The number of carbonyl (C=O) groups excluding carboxylic acids is 1. The Morgan fingerprint density at radius 2 is 1.59 bits per heavy atom. The Labute approximate surface area is 170 Å². The molecule has 0 fully saturated rings. The Kier molecular flexibility index (Phi) is 6.51. The minimum absolute atomic E-state index is 0.0421. The SMILES string of the molecule is COc1cc(S(=O)(=O)Nc2ccccc2)ccc1NC(=O)CCc1ccccc1. The number of para-hydroxylation sites is 1. The van der Waals surface area contributed by atoms with Crippen molar-refractivity contribution in [3.63, 3.8) is 0 Å². The zero-order chi connectivity index (χ0) is 20.7. The Morgan fingerprint density at radius 1 is 0.931 bits per heavy atom. The molecule has 0 saturated heterocycles. The molecule has 3 aromatic carbocycles. The van der Waals surface area contributed by atoms with Crippen LogP contribution in [-0.4, -0.2) is 21.4 Å². The average Bonchev–Trinajstić information content (AvgIpc) is 2.73. The number of amides is 1. The summed E-state index contributed by atoms with van der Waals surface area (Å²) in [5.74, 6) is 0.0965. The third-order valence-electron chi connectivity index (χ3n) is 4.27. The molecule has 29 heavy (non-hydrogen) atoms. The number of methoxy groups -OCH3 is 1. The molecule has 0 bridgehead atoms. The molecule has 0 aliphatic carbocycles. The van der Waals surface area contributed by atoms with Gasteiger partial charge in [-0.15, -0.1) is 0 Å². The molecule has 1 amide bonds. The fraction of sp³-hybridized carbons (Fsp3) is 0.136. The molecular formula is C22H22N2O4S. The second kappa shape index (κ2) is 9.25. The summed E-state index contributed by atoms with van der Waals surface area (Å²) < 4.78 is 33.0. The van der Waals surface area contributed by atoms with E-state index in [2.05, 4.69) is 10.0 Å². The van der Waals surface area contributed by atoms with Gasteiger partial charge in [-0.3, -0.25) is 9.52 Å². The second-order valence-corrected chi connectivity index (χ2v) is 8.05. The maximum Gasteiger partial charge on any atom is 0.262 e. The fourth-order valence-corrected chi connectivity index (χ4v) is 3.85. The van der Waals surface area contributed by atoms with E-state index in [0.29, 0.717) is 24.2 Å². The van der Waals surface area contributed by atoms with Crippen LogP contribution in [0, 0.1) is 0 Å². The number of ether oxygens (including phenoxy) is 1. The van der Waals surface area contributed by atoms with Crippen molar-refractivity contribution >= 4 is 27.3 Å². The lowest BCUT2D eigenvalue weighted by Crippen LogP contribution is -2.15. The molecule has 0 radical (unpaired) electrons. The summed E-state index contributed by atoms with van der Waals surface area (Å²) in [5, 5.41) is 2.78. The van der Waals surface area contributed by atoms with Crippen molar-refractivity contribution in [3.8, 4) is 5.75 Å². The van der Waals surface area contributed by atoms with E-state index in [1.165, 1.54) is 25.3 Å². The topological polar surface area (TPSA) is 84.5 Å². The molecule has 150 valence electrons. The van der Waals surface area contributed by atoms with E-state index in [0.717, 1.165) is 5.56 Å². The minimum atomic E-state index is -3.78. The van der Waals surface area contributed by atoms with E-state index >= 15 is 0 Å². The number of aryl methyl sites for hydroxylation is 1. The van der Waals surface area contributed by atoms with E-state index < -0.39 is 10.0 Å². The first-order valence-electron chi connectivity index (χ1n) is 9.07. The number of carbonyl (C=O) groups is 1. The van der Waals surface area contributed by atoms with Crippen LogP contribution >= 0.6 is 0 Å². The van der Waals surface area contributed by atoms with Gasteiger partial charge in [0, 0.05) is 18.2 Å². The molecule has 6 nitrogen and oxygen atoms in total. The van der Waals surface area contributed by atoms with Crippen LogP contribution < -0.4 is 14.8 Å². The Morgan fingerprint density at radius 3 is 2.24 bits per heavy atom. The summed E-state index contributed by atoms with van der Waals surface area (Å²) in [5.41, 5.74) is 1.96. The van der Waals surface area contributed by atoms with Crippen molar-refractivity contribution in [2.24, 2.45) is 0 Å². The van der Waals surface area contributed by atoms with Gasteiger partial charge in [0.2, 0.25) is 5.91 Å². The lowest BCUT2D eigenvalue weighted by Gasteiger charge is -2.13. The van der Waals surface area contributed by atoms with Crippen molar-refractivity contribution in [2.75, 3.05) is 17.1 Å². The molecular weight excluding hydrogens is 388 g/mol. The highest BCUT2D eigenvalue weighted by Gasteiger charge is 2.17. The van der Waals surface area contributed by atoms with Gasteiger partial charge in [-0.2, -0.15) is 0 Å². The first kappa shape index (κ1) is 20.4. The summed E-state index contributed by atoms with van der Waals surface area (Å²) in [6.45, 7) is 0. The fourth-order valence-electron chi connectivity index (χ4n) is 2.78. The lowest BCUT2D eigenvalue weighted by molar-refractivity contribution is -0.116. The predicted molar refractivity (Wildman–Crippen MR) is 114 cm³/mol. The van der Waals surface area contributed by atoms with Crippen molar-refractivity contribution in [1.82, 2.24) is 0 Å². The molecule has 3 rings (SSSR count). The van der Waals surface area contributed by atoms with Gasteiger partial charge in [0.05, 0.1) is 17.7 Å². The molecule has 0 spiro atoms. The molecule has 0 saturated carbocycles. The van der Waals surface area contributed by atoms with Crippen molar-refractivity contribution in [1.29, 1.82) is 0 Å². The molecule has 0 unspecified atom stereocenters. The van der Waals surface area contributed by atoms with Crippen LogP contribution in [0.2, 0.25) is 0 Å². The lowest BCUT2D eigenvalue weighted by atomic mass is 10.1. The summed E-state index contributed by atoms with van der Waals surface area (Å²) in [7, 11) is -2.35. The van der Waals surface area contributed by atoms with E-state index in [1.807, 2.05) is 30.3 Å². The predicted octanol–water partition coefficient (Wildman–Crippen LogP) is 4.07. The third kappa shape index (κ3) is 5.58. The van der Waals surface area contributed by atoms with Gasteiger partial charge in [0.1, 0.15) is 5.75 Å². The monoisotopic (exact) mass is 410 g/mol. The molecule has 3 aromatic rings. The number of rotatable bonds is 8. The van der Waals surface area contributed by atoms with Gasteiger partial charge in [0.15, 0.2) is 0 Å². The maximum absolute atomic E-state index is 12.6. The molecule has 7 heteroatoms. The van der Waals surface area contributed by atoms with Gasteiger partial charge in [-0.1, -0.05) is 48.5 Å². The number of benzene rings is 3. The quantitative estimate of drug-likeness (QED) is 0.586. The van der Waals surface area contributed by atoms with Crippen LogP contribution in [0.5, 0.6) is 5.75 Å². The summed E-state index contributed by atoms with van der Waals surface area (Å²) >= 11 is 0. The van der Waals surface area contributed by atoms with Crippen molar-refractivity contribution in [2.45, 2.75) is 17.7 Å². The van der Waals surface area contributed by atoms with E-state index in [-0.39, 0.29) is 16.6 Å². The Balaban J connectivity index is 1.70. The molecule has 0 aliphatic rings. The third-order valence-corrected chi connectivity index (χ3v) is 5.65. The first-order chi connectivity index (χ1) is 14.0. The molecule has 0 aliphatic heterocycles. The van der Waals surface area contributed by atoms with Crippen LogP contribution in [-0.2, 0) is 21.2 Å². The summed E-state index contributed by atoms with van der Waals surface area (Å²) in [6, 6.07) is 22.7. The number of hydrogen-bond acceptors (Lipinski definition) is 4. The van der Waals surface area contributed by atoms with Crippen LogP contribution in [0.1, 0.15) is 12.0 Å². The highest BCUT2D eigenvalue weighted by atomic mass is 32.2. The number of nitrogens with one attached hydrogen (secondary N) is 2. The average molecular weight is 410 g/mol. The highest BCUT2D eigenvalue weighted by molar-refractivity contribution is 7.92. The van der Waals surface area contributed by atoms with E-state index in [1.54, 1.807) is 30.3 Å². The molecule has 0 atom stereocenters. The zero-order valence-corrected chi connectivity index (χ0v) is 16.8. The number of hydrogen-bond donors (Lipinski definition) is 2. The Hall–Kier alpha value is -3.32. The second-order valence-electron chi connectivity index (χ2n) is 6.37. The van der Waals surface area contributed by atoms with Crippen LogP contribution in [0.4, 0.5) is 11.4 Å². The summed E-state index contributed by atoms with van der Waals surface area (Å²) in [4.78, 5) is 12.3. The number of anilines is 2. The van der Waals surface area contributed by atoms with E-state index in [9.17, 15) is 13.2 Å². The van der Waals surface area contributed by atoms with Gasteiger partial charge in [-0.25, -0.2) is 8.42 Å². The molecule has 0 heterocycles. The van der Waals surface area contributed by atoms with Gasteiger partial charge < -0.3 is 10.1 Å². The maximum atomic E-state index is 12.6. The van der Waals surface area contributed by atoms with Crippen molar-refractivity contribution < 1.29 is 17.9 Å². The largest absolute Gasteiger partial charge is 0.495 e. The van der Waals surface area contributed by atoms with E-state index in [4.69, 9.17) is 4.74 Å². The van der Waals surface area contributed by atoms with Crippen LogP contribution in [0.25, 0.3) is 0 Å². The summed E-state index contributed by atoms with van der Waals surface area (Å²) in [6.07, 6.45) is 0.922. The normalized spacial score (nSPS) is 10.9. The smallest absolute Gasteiger partial charge is 0.262 e. The Bertz CT molecular complexity index is 1070. The van der Waals surface area contributed by atoms with Gasteiger partial charge in [0.25, 0.3) is 10.0 Å². The van der Waals surface area contributed by atoms with Crippen LogP contribution in [0.3, 0.4) is 0 Å². The minimum Gasteiger partial charge on any atom is -0.495 e. The van der Waals surface area contributed by atoms with Crippen LogP contribution in [0.15, 0.2) is 83.8 Å². The van der Waals surface area contributed by atoms with Crippen molar-refractivity contribution in [3.05, 3.63) is 84.4 Å². The number of sulfonamides is 1. The molecule has 2 N–H and O–H groups in total. The standard InChI is InChI=1S/C22H22N2O4S/c1-28-21-16-19(29(26,27)24-18-10-6-3-7-11-18)13-14-20(21)23-22(25)15-12-17-8-4-2-5-9-17/h2-11,13-14,16,24H,12,15H2,1H3,(H,23,25). The zero-order valence-electron chi connectivity index (χ0n) is 16.0. The highest BCUT2D eigenvalue weighted by Crippen LogP contribution is 2.28. The first-order valence-corrected chi connectivity index (χ1v) is 10.6. The van der Waals surface area contributed by atoms with Gasteiger partial charge >= 0.3 is 0 Å².